The summed E-state index contributed by atoms with van der Waals surface area (Å²) in [5.41, 5.74) is 0.473. The van der Waals surface area contributed by atoms with Gasteiger partial charge in [-0.25, -0.2) is 4.79 Å². The molecular weight excluding hydrogens is 312 g/mol. The summed E-state index contributed by atoms with van der Waals surface area (Å²) in [4.78, 5) is 23.2. The SMILES string of the molecule is CCCn1cc(Br)cc1C(=O)NC(C(=O)O)C(C)C. The van der Waals surface area contributed by atoms with Gasteiger partial charge < -0.3 is 15.0 Å². The first kappa shape index (κ1) is 15.8. The smallest absolute Gasteiger partial charge is 0.326 e. The molecular formula is C13H19BrN2O3. The number of nitrogens with one attached hydrogen (secondary N) is 1. The van der Waals surface area contributed by atoms with Crippen LogP contribution in [0.1, 0.15) is 37.7 Å². The predicted octanol–water partition coefficient (Wildman–Crippen LogP) is 2.50. The molecule has 1 aromatic rings. The molecule has 0 bridgehead atoms. The van der Waals surface area contributed by atoms with Crippen molar-refractivity contribution in [1.29, 1.82) is 0 Å². The van der Waals surface area contributed by atoms with Gasteiger partial charge in [-0.3, -0.25) is 4.79 Å². The lowest BCUT2D eigenvalue weighted by atomic mass is 10.0. The maximum absolute atomic E-state index is 12.2. The van der Waals surface area contributed by atoms with E-state index in [2.05, 4.69) is 21.2 Å². The lowest BCUT2D eigenvalue weighted by Gasteiger charge is -2.18. The van der Waals surface area contributed by atoms with Crippen LogP contribution in [0, 0.1) is 5.92 Å². The first-order valence-electron chi connectivity index (χ1n) is 6.26. The van der Waals surface area contributed by atoms with Crippen LogP contribution in [-0.2, 0) is 11.3 Å². The Morgan fingerprint density at radius 3 is 2.58 bits per heavy atom. The molecule has 0 radical (unpaired) electrons. The monoisotopic (exact) mass is 330 g/mol. The molecule has 0 saturated carbocycles. The predicted molar refractivity (Wildman–Crippen MR) is 76.2 cm³/mol. The van der Waals surface area contributed by atoms with Crippen molar-refractivity contribution in [1.82, 2.24) is 9.88 Å². The van der Waals surface area contributed by atoms with E-state index in [9.17, 15) is 9.59 Å². The van der Waals surface area contributed by atoms with Crippen LogP contribution in [0.5, 0.6) is 0 Å². The van der Waals surface area contributed by atoms with Crippen molar-refractivity contribution in [2.24, 2.45) is 5.92 Å². The molecule has 0 spiro atoms. The van der Waals surface area contributed by atoms with Gasteiger partial charge in [-0.05, 0) is 34.3 Å². The molecule has 19 heavy (non-hydrogen) atoms. The molecule has 1 rings (SSSR count). The minimum absolute atomic E-state index is 0.167. The van der Waals surface area contributed by atoms with Gasteiger partial charge >= 0.3 is 5.97 Å². The molecule has 0 fully saturated rings. The normalized spacial score (nSPS) is 12.5. The number of nitrogens with zero attached hydrogens (tertiary/aromatic N) is 1. The number of hydrogen-bond donors (Lipinski definition) is 2. The Hall–Kier alpha value is -1.30. The summed E-state index contributed by atoms with van der Waals surface area (Å²) < 4.78 is 2.63. The van der Waals surface area contributed by atoms with Crippen molar-refractivity contribution in [2.75, 3.05) is 0 Å². The van der Waals surface area contributed by atoms with Gasteiger partial charge in [0.05, 0.1) is 0 Å². The van der Waals surface area contributed by atoms with Gasteiger partial charge in [-0.1, -0.05) is 20.8 Å². The Labute approximate surface area is 121 Å². The van der Waals surface area contributed by atoms with E-state index >= 15 is 0 Å². The van der Waals surface area contributed by atoms with E-state index in [1.807, 2.05) is 17.7 Å². The van der Waals surface area contributed by atoms with Gasteiger partial charge in [-0.15, -0.1) is 0 Å². The third-order valence-corrected chi connectivity index (χ3v) is 3.21. The van der Waals surface area contributed by atoms with Crippen molar-refractivity contribution in [3.05, 3.63) is 22.4 Å². The second-order valence-electron chi connectivity index (χ2n) is 4.77. The summed E-state index contributed by atoms with van der Waals surface area (Å²) in [6.07, 6.45) is 2.72. The molecule has 1 amide bonds. The molecule has 0 aromatic carbocycles. The zero-order chi connectivity index (χ0) is 14.6. The van der Waals surface area contributed by atoms with Gasteiger partial charge in [0.2, 0.25) is 0 Å². The van der Waals surface area contributed by atoms with E-state index < -0.39 is 12.0 Å². The first-order chi connectivity index (χ1) is 8.86. The van der Waals surface area contributed by atoms with Crippen molar-refractivity contribution in [3.8, 4) is 0 Å². The Bertz CT molecular complexity index is 468. The highest BCUT2D eigenvalue weighted by molar-refractivity contribution is 9.10. The van der Waals surface area contributed by atoms with Crippen molar-refractivity contribution in [3.63, 3.8) is 0 Å². The zero-order valence-electron chi connectivity index (χ0n) is 11.3. The molecule has 1 heterocycles. The number of carbonyl (C=O) groups is 2. The van der Waals surface area contributed by atoms with Crippen LogP contribution < -0.4 is 5.32 Å². The fourth-order valence-corrected chi connectivity index (χ4v) is 2.28. The van der Waals surface area contributed by atoms with E-state index in [-0.39, 0.29) is 11.8 Å². The summed E-state index contributed by atoms with van der Waals surface area (Å²) in [5, 5.41) is 11.7. The number of aliphatic carboxylic acids is 1. The van der Waals surface area contributed by atoms with E-state index in [4.69, 9.17) is 5.11 Å². The summed E-state index contributed by atoms with van der Waals surface area (Å²) in [6.45, 7) is 6.26. The molecule has 1 unspecified atom stereocenters. The van der Waals surface area contributed by atoms with E-state index in [0.29, 0.717) is 12.2 Å². The molecule has 0 aliphatic rings. The maximum Gasteiger partial charge on any atom is 0.326 e. The highest BCUT2D eigenvalue weighted by Gasteiger charge is 2.25. The molecule has 1 aromatic heterocycles. The average Bonchev–Trinajstić information content (AvgIpc) is 2.66. The third-order valence-electron chi connectivity index (χ3n) is 2.78. The highest BCUT2D eigenvalue weighted by Crippen LogP contribution is 2.16. The summed E-state index contributed by atoms with van der Waals surface area (Å²) in [5.74, 6) is -1.55. The van der Waals surface area contributed by atoms with Crippen LogP contribution in [0.25, 0.3) is 0 Å². The third kappa shape index (κ3) is 4.09. The molecule has 6 heteroatoms. The number of halogens is 1. The van der Waals surface area contributed by atoms with E-state index in [1.54, 1.807) is 19.9 Å². The molecule has 0 saturated heterocycles. The van der Waals surface area contributed by atoms with E-state index in [1.165, 1.54) is 0 Å². The van der Waals surface area contributed by atoms with Gasteiger partial charge in [0, 0.05) is 17.2 Å². The van der Waals surface area contributed by atoms with Gasteiger partial charge in [0.15, 0.2) is 0 Å². The molecule has 1 atom stereocenters. The van der Waals surface area contributed by atoms with Gasteiger partial charge in [-0.2, -0.15) is 0 Å². The largest absolute Gasteiger partial charge is 0.480 e. The number of carboxylic acids is 1. The number of aromatic nitrogens is 1. The minimum Gasteiger partial charge on any atom is -0.480 e. The number of aryl methyl sites for hydroxylation is 1. The lowest BCUT2D eigenvalue weighted by Crippen LogP contribution is -2.44. The Kier molecular flexibility index (Phi) is 5.60. The quantitative estimate of drug-likeness (QED) is 0.841. The minimum atomic E-state index is -1.02. The summed E-state index contributed by atoms with van der Waals surface area (Å²) in [6, 6.07) is 0.820. The number of rotatable bonds is 6. The second-order valence-corrected chi connectivity index (χ2v) is 5.69. The van der Waals surface area contributed by atoms with Crippen LogP contribution in [0.2, 0.25) is 0 Å². The fourth-order valence-electron chi connectivity index (χ4n) is 1.82. The number of hydrogen-bond acceptors (Lipinski definition) is 2. The van der Waals surface area contributed by atoms with Crippen LogP contribution in [0.3, 0.4) is 0 Å². The number of amides is 1. The molecule has 2 N–H and O–H groups in total. The highest BCUT2D eigenvalue weighted by atomic mass is 79.9. The average molecular weight is 331 g/mol. The zero-order valence-corrected chi connectivity index (χ0v) is 12.9. The topological polar surface area (TPSA) is 71.3 Å². The van der Waals surface area contributed by atoms with Crippen LogP contribution in [-0.4, -0.2) is 27.6 Å². The second kappa shape index (κ2) is 6.75. The van der Waals surface area contributed by atoms with Crippen LogP contribution in [0.15, 0.2) is 16.7 Å². The van der Waals surface area contributed by atoms with Crippen LogP contribution in [0.4, 0.5) is 0 Å². The molecule has 106 valence electrons. The Balaban J connectivity index is 2.91. The van der Waals surface area contributed by atoms with E-state index in [0.717, 1.165) is 10.9 Å². The molecule has 0 aliphatic carbocycles. The van der Waals surface area contributed by atoms with Crippen LogP contribution >= 0.6 is 15.9 Å². The maximum atomic E-state index is 12.2. The van der Waals surface area contributed by atoms with Crippen molar-refractivity contribution >= 4 is 27.8 Å². The lowest BCUT2D eigenvalue weighted by molar-refractivity contribution is -0.140. The Morgan fingerprint density at radius 1 is 1.47 bits per heavy atom. The van der Waals surface area contributed by atoms with Crippen molar-refractivity contribution < 1.29 is 14.7 Å². The standard InChI is InChI=1S/C13H19BrN2O3/c1-4-5-16-7-9(14)6-10(16)12(17)15-11(8(2)3)13(18)19/h6-8,11H,4-5H2,1-3H3,(H,15,17)(H,18,19). The summed E-state index contributed by atoms with van der Waals surface area (Å²) >= 11 is 3.33. The number of carboxylic acid groups (broad SMARTS) is 1. The number of carbonyl (C=O) groups excluding carboxylic acids is 1. The Morgan fingerprint density at radius 2 is 2.11 bits per heavy atom. The van der Waals surface area contributed by atoms with Gasteiger partial charge in [0.1, 0.15) is 11.7 Å². The first-order valence-corrected chi connectivity index (χ1v) is 7.05. The molecule has 0 aliphatic heterocycles. The fraction of sp³-hybridized carbons (Fsp3) is 0.538. The van der Waals surface area contributed by atoms with Crippen molar-refractivity contribution in [2.45, 2.75) is 39.8 Å². The molecule has 5 nitrogen and oxygen atoms in total. The summed E-state index contributed by atoms with van der Waals surface area (Å²) in [7, 11) is 0. The van der Waals surface area contributed by atoms with Gasteiger partial charge in [0.25, 0.3) is 5.91 Å².